The van der Waals surface area contributed by atoms with E-state index in [4.69, 9.17) is 11.6 Å². The molecule has 1 amide bonds. The van der Waals surface area contributed by atoms with Gasteiger partial charge in [0.1, 0.15) is 11.9 Å². The van der Waals surface area contributed by atoms with E-state index in [-0.39, 0.29) is 29.1 Å². The molecule has 2 atom stereocenters. The molecule has 0 saturated carbocycles. The van der Waals surface area contributed by atoms with Crippen LogP contribution >= 0.6 is 11.6 Å². The zero-order chi connectivity index (χ0) is 31.1. The number of hydrogen-bond acceptors (Lipinski definition) is 4. The van der Waals surface area contributed by atoms with Crippen LogP contribution in [0.3, 0.4) is 0 Å². The molecule has 43 heavy (non-hydrogen) atoms. The summed E-state index contributed by atoms with van der Waals surface area (Å²) in [5.74, 6) is -0.521. The monoisotopic (exact) mass is 640 g/mol. The van der Waals surface area contributed by atoms with E-state index in [1.165, 1.54) is 6.26 Å². The van der Waals surface area contributed by atoms with Crippen molar-refractivity contribution in [1.29, 1.82) is 0 Å². The molecule has 14 heteroatoms. The molecule has 0 N–H and O–H groups in total. The van der Waals surface area contributed by atoms with Crippen molar-refractivity contribution in [3.63, 3.8) is 0 Å². The average molecular weight is 641 g/mol. The van der Waals surface area contributed by atoms with Gasteiger partial charge in [0.2, 0.25) is 0 Å². The Labute approximate surface area is 250 Å². The number of benzene rings is 3. The number of carbonyl (C=O) groups is 1. The lowest BCUT2D eigenvalue weighted by atomic mass is 10.0. The molecule has 1 aromatic heterocycles. The summed E-state index contributed by atoms with van der Waals surface area (Å²) in [4.78, 5) is 16.0. The summed E-state index contributed by atoms with van der Waals surface area (Å²) in [6.07, 6.45) is -7.29. The second-order valence-electron chi connectivity index (χ2n) is 10.0. The Hall–Kier alpha value is -3.55. The first-order valence-electron chi connectivity index (χ1n) is 12.9. The van der Waals surface area contributed by atoms with Gasteiger partial charge in [0.05, 0.1) is 23.7 Å². The maximum absolute atomic E-state index is 14.0. The Morgan fingerprint density at radius 1 is 1.00 bits per heavy atom. The Morgan fingerprint density at radius 3 is 2.21 bits per heavy atom. The first-order chi connectivity index (χ1) is 20.2. The first kappa shape index (κ1) is 30.9. The van der Waals surface area contributed by atoms with Gasteiger partial charge in [0.15, 0.2) is 10.6 Å². The minimum atomic E-state index is -5.03. The quantitative estimate of drug-likeness (QED) is 0.163. The van der Waals surface area contributed by atoms with Gasteiger partial charge in [-0.15, -0.1) is 5.10 Å². The van der Waals surface area contributed by atoms with Crippen molar-refractivity contribution in [3.05, 3.63) is 99.7 Å². The van der Waals surface area contributed by atoms with E-state index < -0.39 is 47.1 Å². The van der Waals surface area contributed by atoms with Crippen molar-refractivity contribution in [3.8, 4) is 11.3 Å². The third-order valence-corrected chi connectivity index (χ3v) is 8.44. The molecule has 0 radical (unpaired) electrons. The summed E-state index contributed by atoms with van der Waals surface area (Å²) in [7, 11) is 0. The molecule has 4 aromatic rings. The van der Waals surface area contributed by atoms with E-state index in [0.717, 1.165) is 10.2 Å². The van der Waals surface area contributed by atoms with Crippen molar-refractivity contribution < 1.29 is 35.7 Å². The van der Waals surface area contributed by atoms with E-state index in [9.17, 15) is 35.7 Å². The zero-order valence-corrected chi connectivity index (χ0v) is 24.0. The number of aromatic nitrogens is 3. The van der Waals surface area contributed by atoms with Crippen LogP contribution in [-0.2, 0) is 30.1 Å². The van der Waals surface area contributed by atoms with Gasteiger partial charge in [-0.05, 0) is 83.7 Å². The highest BCUT2D eigenvalue weighted by molar-refractivity contribution is 7.90. The normalized spacial score (nSPS) is 16.5. The molecule has 1 aliphatic rings. The summed E-state index contributed by atoms with van der Waals surface area (Å²) in [6.45, 7) is -0.171. The number of rotatable bonds is 6. The fourth-order valence-electron chi connectivity index (χ4n) is 5.16. The van der Waals surface area contributed by atoms with Gasteiger partial charge in [-0.25, -0.2) is 4.68 Å². The largest absolute Gasteiger partial charge is 0.612 e. The van der Waals surface area contributed by atoms with Gasteiger partial charge < -0.3 is 9.45 Å². The van der Waals surface area contributed by atoms with Crippen molar-refractivity contribution in [2.45, 2.75) is 42.7 Å². The topological polar surface area (TPSA) is 74.1 Å². The minimum absolute atomic E-state index is 0.0481. The van der Waals surface area contributed by atoms with Crippen LogP contribution in [0.5, 0.6) is 0 Å². The molecule has 0 spiro atoms. The smallest absolute Gasteiger partial charge is 0.416 e. The summed E-state index contributed by atoms with van der Waals surface area (Å²) >= 11 is 5.09. The highest BCUT2D eigenvalue weighted by Crippen LogP contribution is 2.39. The molecule has 2 heterocycles. The number of alkyl halides is 6. The minimum Gasteiger partial charge on any atom is -0.612 e. The molecule has 2 unspecified atom stereocenters. The maximum atomic E-state index is 14.0. The van der Waals surface area contributed by atoms with Crippen LogP contribution < -0.4 is 0 Å². The lowest BCUT2D eigenvalue weighted by molar-refractivity contribution is -0.143. The fourth-order valence-corrected chi connectivity index (χ4v) is 5.94. The molecule has 1 aliphatic heterocycles. The Morgan fingerprint density at radius 2 is 1.63 bits per heavy atom. The Kier molecular flexibility index (Phi) is 8.52. The second kappa shape index (κ2) is 11.9. The highest BCUT2D eigenvalue weighted by atomic mass is 35.5. The third kappa shape index (κ3) is 6.53. The fraction of sp³-hybridized carbons (Fsp3) is 0.276. The van der Waals surface area contributed by atoms with Crippen molar-refractivity contribution in [2.24, 2.45) is 0 Å². The van der Waals surface area contributed by atoms with E-state index in [1.54, 1.807) is 47.4 Å². The third-order valence-electron chi connectivity index (χ3n) is 7.16. The van der Waals surface area contributed by atoms with E-state index >= 15 is 0 Å². The van der Waals surface area contributed by atoms with Gasteiger partial charge in [0, 0.05) is 17.1 Å². The number of likely N-dealkylation sites (tertiary alicyclic amines) is 1. The lowest BCUT2D eigenvalue weighted by Crippen LogP contribution is -2.31. The molecule has 1 saturated heterocycles. The van der Waals surface area contributed by atoms with Crippen LogP contribution in [0.15, 0.2) is 71.6 Å². The van der Waals surface area contributed by atoms with Crippen molar-refractivity contribution in [1.82, 2.24) is 19.9 Å². The number of hydrogen-bond donors (Lipinski definition) is 0. The molecule has 6 nitrogen and oxygen atoms in total. The molecule has 1 fully saturated rings. The molecular weight excluding hydrogens is 618 g/mol. The predicted octanol–water partition coefficient (Wildman–Crippen LogP) is 7.40. The standard InChI is InChI=1S/C29H23ClF6N4O2S/c1-43(42)21-10-8-18(9-11-21)26-25(27(41)39-12-4-7-24(39)22-5-2-3-6-23(22)30)37-38-40(26)16-17-13-19(28(31,32)33)15-20(14-17)29(34,35)36/h2-3,5-6,8-11,13-15,24H,4,7,12,16H2,1H3. The lowest BCUT2D eigenvalue weighted by Gasteiger charge is -2.25. The van der Waals surface area contributed by atoms with Crippen LogP contribution in [0.1, 0.15) is 51.6 Å². The van der Waals surface area contributed by atoms with Crippen molar-refractivity contribution >= 4 is 28.7 Å². The molecular formula is C29H23ClF6N4O2S. The summed E-state index contributed by atoms with van der Waals surface area (Å²) in [6, 6.07) is 14.2. The molecule has 0 aliphatic carbocycles. The molecule has 5 rings (SSSR count). The van der Waals surface area contributed by atoms with Crippen LogP contribution in [0.2, 0.25) is 5.02 Å². The van der Waals surface area contributed by atoms with E-state index in [0.29, 0.717) is 47.0 Å². The van der Waals surface area contributed by atoms with Gasteiger partial charge in [-0.2, -0.15) is 26.3 Å². The van der Waals surface area contributed by atoms with Gasteiger partial charge >= 0.3 is 12.4 Å². The van der Waals surface area contributed by atoms with Gasteiger partial charge in [-0.3, -0.25) is 4.79 Å². The van der Waals surface area contributed by atoms with Crippen molar-refractivity contribution in [2.75, 3.05) is 12.8 Å². The first-order valence-corrected chi connectivity index (χ1v) is 14.9. The summed E-state index contributed by atoms with van der Waals surface area (Å²) in [5, 5.41) is 8.55. The number of carbonyl (C=O) groups excluding carboxylic acids is 1. The highest BCUT2D eigenvalue weighted by Gasteiger charge is 2.38. The molecule has 226 valence electrons. The Bertz CT molecular complexity index is 1610. The number of nitrogens with zero attached hydrogens (tertiary/aromatic N) is 4. The van der Waals surface area contributed by atoms with Crippen LogP contribution in [0.4, 0.5) is 26.3 Å². The summed E-state index contributed by atoms with van der Waals surface area (Å²) in [5.41, 5.74) is -2.22. The van der Waals surface area contributed by atoms with Crippen LogP contribution in [0, 0.1) is 0 Å². The Balaban J connectivity index is 1.60. The predicted molar refractivity (Wildman–Crippen MR) is 148 cm³/mol. The zero-order valence-electron chi connectivity index (χ0n) is 22.4. The number of amides is 1. The summed E-state index contributed by atoms with van der Waals surface area (Å²) < 4.78 is 94.2. The van der Waals surface area contributed by atoms with Crippen LogP contribution in [0.25, 0.3) is 11.3 Å². The van der Waals surface area contributed by atoms with Gasteiger partial charge in [0.25, 0.3) is 5.91 Å². The van der Waals surface area contributed by atoms with E-state index in [1.807, 2.05) is 6.07 Å². The van der Waals surface area contributed by atoms with E-state index in [2.05, 4.69) is 10.3 Å². The SMILES string of the molecule is C[S+]([O-])c1ccc(-c2c(C(=O)N3CCCC3c3ccccc3Cl)nnn2Cc2cc(C(F)(F)F)cc(C(F)(F)F)c2)cc1. The average Bonchev–Trinajstić information content (AvgIpc) is 3.60. The molecule has 0 bridgehead atoms. The van der Waals surface area contributed by atoms with Crippen LogP contribution in [-0.4, -0.2) is 43.2 Å². The number of halogens is 7. The maximum Gasteiger partial charge on any atom is 0.416 e. The van der Waals surface area contributed by atoms with Gasteiger partial charge in [-0.1, -0.05) is 35.0 Å². The molecule has 3 aromatic carbocycles. The second-order valence-corrected chi connectivity index (χ2v) is 11.8.